The maximum atomic E-state index is 14.0. The Kier molecular flexibility index (Phi) is 6.61. The molecule has 0 unspecified atom stereocenters. The zero-order valence-corrected chi connectivity index (χ0v) is 14.9. The molecule has 2 fully saturated rings. The van der Waals surface area contributed by atoms with Gasteiger partial charge in [-0.3, -0.25) is 0 Å². The highest BCUT2D eigenvalue weighted by atomic mass is 19.4. The third kappa shape index (κ3) is 3.52. The standard InChI is InChI=1S/C14H16F12N2O2/c15-9(16,11(19,20)13(23,24)27-1-5-29-6-2-27)10(17,18)12(21,22)14(25,26)28-3-7-30-8-4-28/h1-8H2. The molecule has 0 N–H and O–H groups in total. The Balaban J connectivity index is 2.43. The SMILES string of the molecule is FC(F)(N1CCOCC1)C(F)(F)C(F)(F)C(F)(F)C(F)(F)C(F)(F)N1CCOCC1. The summed E-state index contributed by atoms with van der Waals surface area (Å²) in [6, 6.07) is -12.2. The Morgan fingerprint density at radius 1 is 0.400 bits per heavy atom. The minimum absolute atomic E-state index is 0.668. The fourth-order valence-corrected chi connectivity index (χ4v) is 2.86. The van der Waals surface area contributed by atoms with Crippen LogP contribution in [0.1, 0.15) is 0 Å². The average molecular weight is 472 g/mol. The predicted molar refractivity (Wildman–Crippen MR) is 74.5 cm³/mol. The Morgan fingerprint density at radius 2 is 0.633 bits per heavy atom. The van der Waals surface area contributed by atoms with Crippen molar-refractivity contribution in [3.63, 3.8) is 0 Å². The summed E-state index contributed by atoms with van der Waals surface area (Å²) in [6.45, 7) is -7.15. The van der Waals surface area contributed by atoms with Crippen LogP contribution < -0.4 is 0 Å². The van der Waals surface area contributed by atoms with Gasteiger partial charge < -0.3 is 9.47 Å². The van der Waals surface area contributed by atoms with E-state index in [1.165, 1.54) is 0 Å². The van der Waals surface area contributed by atoms with Gasteiger partial charge >= 0.3 is 35.8 Å². The second-order valence-corrected chi connectivity index (χ2v) is 6.58. The quantitative estimate of drug-likeness (QED) is 0.419. The first kappa shape index (κ1) is 25.3. The Labute approximate surface area is 161 Å². The molecule has 0 atom stereocenters. The summed E-state index contributed by atoms with van der Waals surface area (Å²) < 4.78 is 177. The summed E-state index contributed by atoms with van der Waals surface area (Å²) in [5.41, 5.74) is 0. The zero-order valence-electron chi connectivity index (χ0n) is 14.9. The third-order valence-corrected chi connectivity index (χ3v) is 4.76. The number of morpholine rings is 2. The van der Waals surface area contributed by atoms with E-state index in [2.05, 4.69) is 9.47 Å². The Bertz CT molecular complexity index is 552. The fraction of sp³-hybridized carbons (Fsp3) is 1.00. The number of rotatable bonds is 7. The number of halogens is 12. The van der Waals surface area contributed by atoms with Crippen LogP contribution in [-0.4, -0.2) is 98.2 Å². The van der Waals surface area contributed by atoms with Gasteiger partial charge in [0, 0.05) is 26.2 Å². The van der Waals surface area contributed by atoms with Crippen LogP contribution in [0.3, 0.4) is 0 Å². The van der Waals surface area contributed by atoms with Crippen LogP contribution in [0.2, 0.25) is 0 Å². The predicted octanol–water partition coefficient (Wildman–Crippen LogP) is 3.38. The molecule has 0 amide bonds. The molecule has 0 bridgehead atoms. The van der Waals surface area contributed by atoms with E-state index < -0.39 is 98.2 Å². The van der Waals surface area contributed by atoms with E-state index >= 15 is 0 Å². The van der Waals surface area contributed by atoms with Crippen molar-refractivity contribution in [1.29, 1.82) is 0 Å². The highest BCUT2D eigenvalue weighted by molar-refractivity contribution is 5.11. The number of hydrogen-bond acceptors (Lipinski definition) is 4. The van der Waals surface area contributed by atoms with Gasteiger partial charge in [0.25, 0.3) is 0 Å². The Morgan fingerprint density at radius 3 is 0.867 bits per heavy atom. The lowest BCUT2D eigenvalue weighted by atomic mass is 9.94. The fourth-order valence-electron chi connectivity index (χ4n) is 2.86. The number of hydrogen-bond donors (Lipinski definition) is 0. The summed E-state index contributed by atoms with van der Waals surface area (Å²) in [7, 11) is 0. The van der Waals surface area contributed by atoms with Crippen molar-refractivity contribution in [2.75, 3.05) is 52.6 Å². The summed E-state index contributed by atoms with van der Waals surface area (Å²) in [4.78, 5) is -1.34. The molecule has 2 heterocycles. The van der Waals surface area contributed by atoms with Gasteiger partial charge in [-0.2, -0.15) is 52.7 Å². The molecule has 2 rings (SSSR count). The van der Waals surface area contributed by atoms with Crippen LogP contribution in [-0.2, 0) is 9.47 Å². The van der Waals surface area contributed by atoms with Gasteiger partial charge in [-0.15, -0.1) is 0 Å². The van der Waals surface area contributed by atoms with Gasteiger partial charge in [0.1, 0.15) is 0 Å². The molecule has 2 aliphatic rings. The van der Waals surface area contributed by atoms with E-state index in [1.807, 2.05) is 0 Å². The lowest BCUT2D eigenvalue weighted by Crippen LogP contribution is -2.75. The van der Waals surface area contributed by atoms with E-state index in [0.29, 0.717) is 0 Å². The van der Waals surface area contributed by atoms with E-state index in [-0.39, 0.29) is 0 Å². The normalized spacial score (nSPS) is 22.4. The molecule has 0 spiro atoms. The van der Waals surface area contributed by atoms with Gasteiger partial charge in [0.05, 0.1) is 26.4 Å². The average Bonchev–Trinajstić information content (AvgIpc) is 2.68. The van der Waals surface area contributed by atoms with Crippen LogP contribution in [0, 0.1) is 0 Å². The van der Waals surface area contributed by atoms with Gasteiger partial charge in [0.15, 0.2) is 0 Å². The first-order chi connectivity index (χ1) is 13.5. The smallest absolute Gasteiger partial charge is 0.379 e. The van der Waals surface area contributed by atoms with Crippen LogP contribution in [0.15, 0.2) is 0 Å². The van der Waals surface area contributed by atoms with Gasteiger partial charge in [0.2, 0.25) is 0 Å². The van der Waals surface area contributed by atoms with Gasteiger partial charge in [-0.25, -0.2) is 9.80 Å². The lowest BCUT2D eigenvalue weighted by Gasteiger charge is -2.46. The summed E-state index contributed by atoms with van der Waals surface area (Å²) in [5, 5.41) is 0. The Hall–Kier alpha value is -1.00. The van der Waals surface area contributed by atoms with Crippen LogP contribution in [0.5, 0.6) is 0 Å². The summed E-state index contributed by atoms with van der Waals surface area (Å²) in [6.07, 6.45) is 0. The molecular weight excluding hydrogens is 456 g/mol. The molecule has 30 heavy (non-hydrogen) atoms. The molecule has 4 nitrogen and oxygen atoms in total. The lowest BCUT2D eigenvalue weighted by molar-refractivity contribution is -0.452. The first-order valence-corrected chi connectivity index (χ1v) is 8.38. The number of ether oxygens (including phenoxy) is 2. The van der Waals surface area contributed by atoms with E-state index in [1.54, 1.807) is 0 Å². The molecule has 16 heteroatoms. The molecule has 0 saturated carbocycles. The molecule has 0 aromatic carbocycles. The molecule has 2 aliphatic heterocycles. The van der Waals surface area contributed by atoms with Crippen LogP contribution >= 0.6 is 0 Å². The van der Waals surface area contributed by atoms with Gasteiger partial charge in [-0.05, 0) is 0 Å². The summed E-state index contributed by atoms with van der Waals surface area (Å²) in [5.74, 6) is -29.4. The monoisotopic (exact) mass is 472 g/mol. The van der Waals surface area contributed by atoms with Crippen molar-refractivity contribution in [2.45, 2.75) is 35.8 Å². The number of nitrogens with zero attached hydrogens (tertiary/aromatic N) is 2. The maximum absolute atomic E-state index is 14.0. The number of alkyl halides is 12. The maximum Gasteiger partial charge on any atom is 0.392 e. The van der Waals surface area contributed by atoms with Crippen molar-refractivity contribution in [1.82, 2.24) is 9.80 Å². The third-order valence-electron chi connectivity index (χ3n) is 4.76. The molecule has 0 aliphatic carbocycles. The highest BCUT2D eigenvalue weighted by Gasteiger charge is 2.91. The topological polar surface area (TPSA) is 24.9 Å². The molecule has 0 aromatic heterocycles. The highest BCUT2D eigenvalue weighted by Crippen LogP contribution is 2.60. The van der Waals surface area contributed by atoms with Crippen molar-refractivity contribution in [3.05, 3.63) is 0 Å². The largest absolute Gasteiger partial charge is 0.392 e. The molecule has 2 saturated heterocycles. The van der Waals surface area contributed by atoms with Crippen LogP contribution in [0.25, 0.3) is 0 Å². The van der Waals surface area contributed by atoms with Crippen molar-refractivity contribution in [2.24, 2.45) is 0 Å². The summed E-state index contributed by atoms with van der Waals surface area (Å²) >= 11 is 0. The zero-order chi connectivity index (χ0) is 23.2. The second-order valence-electron chi connectivity index (χ2n) is 6.58. The van der Waals surface area contributed by atoms with E-state index in [0.717, 1.165) is 0 Å². The minimum Gasteiger partial charge on any atom is -0.379 e. The van der Waals surface area contributed by atoms with Gasteiger partial charge in [-0.1, -0.05) is 0 Å². The van der Waals surface area contributed by atoms with Crippen molar-refractivity contribution >= 4 is 0 Å². The molecule has 0 radical (unpaired) electrons. The molecule has 0 aromatic rings. The van der Waals surface area contributed by atoms with Crippen molar-refractivity contribution in [3.8, 4) is 0 Å². The van der Waals surface area contributed by atoms with E-state index in [4.69, 9.17) is 0 Å². The second kappa shape index (κ2) is 7.85. The first-order valence-electron chi connectivity index (χ1n) is 8.38. The van der Waals surface area contributed by atoms with E-state index in [9.17, 15) is 52.7 Å². The molecule has 178 valence electrons. The van der Waals surface area contributed by atoms with Crippen LogP contribution in [0.4, 0.5) is 52.7 Å². The molecular formula is C14H16F12N2O2. The minimum atomic E-state index is -7.57. The van der Waals surface area contributed by atoms with Crippen molar-refractivity contribution < 1.29 is 62.2 Å².